The van der Waals surface area contributed by atoms with Crippen LogP contribution in [0.5, 0.6) is 23.0 Å². The average molecular weight is 368 g/mol. The van der Waals surface area contributed by atoms with Gasteiger partial charge in [0.15, 0.2) is 0 Å². The molecule has 1 fully saturated rings. The first-order valence-electron chi connectivity index (χ1n) is 9.00. The maximum atomic E-state index is 9.95. The highest BCUT2D eigenvalue weighted by atomic mass is 16.3. The molecule has 3 rings (SSSR count). The van der Waals surface area contributed by atoms with Crippen molar-refractivity contribution in [3.8, 4) is 23.0 Å². The number of rotatable bonds is 4. The summed E-state index contributed by atoms with van der Waals surface area (Å²) in [5.74, 6) is -0.0313. The van der Waals surface area contributed by atoms with Crippen molar-refractivity contribution in [1.82, 2.24) is 0 Å². The molecule has 2 atom stereocenters. The predicted octanol–water partition coefficient (Wildman–Crippen LogP) is 3.75. The number of phenolic OH excluding ortho intramolecular Hbond substituents is 4. The first-order valence-corrected chi connectivity index (χ1v) is 9.00. The van der Waals surface area contributed by atoms with Gasteiger partial charge in [0.05, 0.1) is 11.6 Å². The number of aromatic hydroxyl groups is 4. The Labute approximate surface area is 158 Å². The zero-order valence-corrected chi connectivity index (χ0v) is 15.2. The molecule has 6 heteroatoms. The minimum absolute atomic E-state index is 0.00436. The highest BCUT2D eigenvalue weighted by Crippen LogP contribution is 2.34. The molecule has 27 heavy (non-hydrogen) atoms. The highest BCUT2D eigenvalue weighted by Gasteiger charge is 2.35. The summed E-state index contributed by atoms with van der Waals surface area (Å²) in [4.78, 5) is 9.39. The van der Waals surface area contributed by atoms with Crippen LogP contribution in [0, 0.1) is 0 Å². The van der Waals surface area contributed by atoms with Gasteiger partial charge in [-0.25, -0.2) is 0 Å². The number of hydrogen-bond donors (Lipinski definition) is 4. The van der Waals surface area contributed by atoms with Crippen molar-refractivity contribution in [1.29, 1.82) is 0 Å². The van der Waals surface area contributed by atoms with Gasteiger partial charge in [-0.2, -0.15) is 0 Å². The quantitative estimate of drug-likeness (QED) is 0.617. The minimum atomic E-state index is -0.425. The smallest absolute Gasteiger partial charge is 0.128 e. The van der Waals surface area contributed by atoms with Crippen molar-refractivity contribution < 1.29 is 20.4 Å². The molecule has 2 unspecified atom stereocenters. The van der Waals surface area contributed by atoms with Crippen molar-refractivity contribution in [3.63, 3.8) is 0 Å². The lowest BCUT2D eigenvalue weighted by molar-refractivity contribution is 0.281. The third-order valence-electron chi connectivity index (χ3n) is 5.05. The van der Waals surface area contributed by atoms with Gasteiger partial charge in [-0.15, -0.1) is 0 Å². The number of aliphatic imine (C=N–C) groups is 2. The van der Waals surface area contributed by atoms with E-state index in [1.54, 1.807) is 24.6 Å². The van der Waals surface area contributed by atoms with Gasteiger partial charge in [-0.05, 0) is 44.0 Å². The zero-order chi connectivity index (χ0) is 19.4. The minimum Gasteiger partial charge on any atom is -0.508 e. The SMILES string of the molecule is CC1(N=Cc2ccc(O)cc2O)CCCCC1N=Cc1ccc(O)cc1O. The Morgan fingerprint density at radius 3 is 2.07 bits per heavy atom. The maximum Gasteiger partial charge on any atom is 0.128 e. The molecule has 0 aromatic heterocycles. The molecule has 2 aromatic rings. The normalized spacial score (nSPS) is 23.2. The Kier molecular flexibility index (Phi) is 5.35. The van der Waals surface area contributed by atoms with Gasteiger partial charge in [0.1, 0.15) is 23.0 Å². The fraction of sp³-hybridized carbons (Fsp3) is 0.333. The summed E-state index contributed by atoms with van der Waals surface area (Å²) < 4.78 is 0. The maximum absolute atomic E-state index is 9.95. The molecule has 1 saturated carbocycles. The van der Waals surface area contributed by atoms with Gasteiger partial charge >= 0.3 is 0 Å². The zero-order valence-electron chi connectivity index (χ0n) is 15.2. The molecule has 4 N–H and O–H groups in total. The lowest BCUT2D eigenvalue weighted by Gasteiger charge is -2.36. The van der Waals surface area contributed by atoms with E-state index < -0.39 is 5.54 Å². The topological polar surface area (TPSA) is 106 Å². The van der Waals surface area contributed by atoms with E-state index in [9.17, 15) is 20.4 Å². The Hall–Kier alpha value is -3.02. The molecular weight excluding hydrogens is 344 g/mol. The molecule has 1 aliphatic rings. The van der Waals surface area contributed by atoms with Crippen LogP contribution in [0.4, 0.5) is 0 Å². The summed E-state index contributed by atoms with van der Waals surface area (Å²) in [5, 5.41) is 38.7. The van der Waals surface area contributed by atoms with E-state index in [4.69, 9.17) is 4.99 Å². The summed E-state index contributed by atoms with van der Waals surface area (Å²) >= 11 is 0. The molecule has 6 nitrogen and oxygen atoms in total. The van der Waals surface area contributed by atoms with E-state index >= 15 is 0 Å². The largest absolute Gasteiger partial charge is 0.508 e. The number of phenols is 4. The molecule has 1 aliphatic carbocycles. The molecule has 0 heterocycles. The van der Waals surface area contributed by atoms with E-state index in [1.165, 1.54) is 24.3 Å². The van der Waals surface area contributed by atoms with E-state index in [1.807, 2.05) is 6.92 Å². The average Bonchev–Trinajstić information content (AvgIpc) is 2.61. The van der Waals surface area contributed by atoms with Crippen molar-refractivity contribution >= 4 is 12.4 Å². The molecule has 142 valence electrons. The van der Waals surface area contributed by atoms with Crippen LogP contribution in [0.3, 0.4) is 0 Å². The summed E-state index contributed by atoms with van der Waals surface area (Å²) in [6.07, 6.45) is 7.10. The highest BCUT2D eigenvalue weighted by molar-refractivity contribution is 5.85. The Morgan fingerprint density at radius 2 is 1.48 bits per heavy atom. The summed E-state index contributed by atoms with van der Waals surface area (Å²) in [5.41, 5.74) is 0.658. The monoisotopic (exact) mass is 368 g/mol. The lowest BCUT2D eigenvalue weighted by Crippen LogP contribution is -2.39. The van der Waals surface area contributed by atoms with E-state index in [0.29, 0.717) is 11.1 Å². The second kappa shape index (κ2) is 7.70. The second-order valence-corrected chi connectivity index (χ2v) is 7.14. The van der Waals surface area contributed by atoms with E-state index in [-0.39, 0.29) is 29.0 Å². The number of nitrogens with zero attached hydrogens (tertiary/aromatic N) is 2. The number of hydrogen-bond acceptors (Lipinski definition) is 6. The third kappa shape index (κ3) is 4.39. The van der Waals surface area contributed by atoms with Crippen molar-refractivity contribution in [2.24, 2.45) is 9.98 Å². The van der Waals surface area contributed by atoms with Crippen molar-refractivity contribution in [3.05, 3.63) is 47.5 Å². The van der Waals surface area contributed by atoms with E-state index in [2.05, 4.69) is 4.99 Å². The van der Waals surface area contributed by atoms with Crippen LogP contribution >= 0.6 is 0 Å². The molecule has 0 bridgehead atoms. The van der Waals surface area contributed by atoms with Gasteiger partial charge in [-0.1, -0.05) is 12.8 Å². The Morgan fingerprint density at radius 1 is 0.889 bits per heavy atom. The molecule has 0 spiro atoms. The Bertz CT molecular complexity index is 878. The van der Waals surface area contributed by atoms with Gasteiger partial charge < -0.3 is 20.4 Å². The lowest BCUT2D eigenvalue weighted by atomic mass is 9.79. The van der Waals surface area contributed by atoms with Crippen molar-refractivity contribution in [2.75, 3.05) is 0 Å². The molecule has 2 aromatic carbocycles. The summed E-state index contributed by atoms with van der Waals surface area (Å²) in [6, 6.07) is 8.76. The summed E-state index contributed by atoms with van der Waals surface area (Å²) in [7, 11) is 0. The van der Waals surface area contributed by atoms with Gasteiger partial charge in [0.2, 0.25) is 0 Å². The molecular formula is C21H24N2O4. The van der Waals surface area contributed by atoms with Gasteiger partial charge in [0.25, 0.3) is 0 Å². The van der Waals surface area contributed by atoms with Crippen LogP contribution in [-0.4, -0.2) is 44.4 Å². The van der Waals surface area contributed by atoms with E-state index in [0.717, 1.165) is 25.7 Å². The summed E-state index contributed by atoms with van der Waals surface area (Å²) in [6.45, 7) is 2.04. The Balaban J connectivity index is 1.83. The third-order valence-corrected chi connectivity index (χ3v) is 5.05. The first-order chi connectivity index (χ1) is 12.9. The van der Waals surface area contributed by atoms with Crippen molar-refractivity contribution in [2.45, 2.75) is 44.2 Å². The van der Waals surface area contributed by atoms with Gasteiger partial charge in [-0.3, -0.25) is 9.98 Å². The van der Waals surface area contributed by atoms with Crippen LogP contribution in [0.25, 0.3) is 0 Å². The van der Waals surface area contributed by atoms with Crippen LogP contribution in [0.1, 0.15) is 43.7 Å². The molecule has 0 aliphatic heterocycles. The molecule has 0 saturated heterocycles. The second-order valence-electron chi connectivity index (χ2n) is 7.14. The fourth-order valence-corrected chi connectivity index (χ4v) is 3.35. The van der Waals surface area contributed by atoms with Crippen LogP contribution in [0.2, 0.25) is 0 Å². The predicted molar refractivity (Wildman–Crippen MR) is 105 cm³/mol. The molecule has 0 amide bonds. The standard InChI is InChI=1S/C21H24N2O4/c1-21(23-13-15-6-8-17(25)11-19(15)27)9-3-2-4-20(21)22-12-14-5-7-16(24)10-18(14)26/h5-8,10-13,20,24-27H,2-4,9H2,1H3. The van der Waals surface area contributed by atoms with Gasteiger partial charge in [0, 0.05) is 35.7 Å². The first kappa shape index (κ1) is 18.8. The number of benzene rings is 2. The van der Waals surface area contributed by atoms with Crippen LogP contribution < -0.4 is 0 Å². The molecule has 0 radical (unpaired) electrons. The van der Waals surface area contributed by atoms with Crippen LogP contribution in [-0.2, 0) is 0 Å². The van der Waals surface area contributed by atoms with Crippen LogP contribution in [0.15, 0.2) is 46.4 Å². The fourth-order valence-electron chi connectivity index (χ4n) is 3.35.